The summed E-state index contributed by atoms with van der Waals surface area (Å²) in [6, 6.07) is 19.2. The van der Waals surface area contributed by atoms with Gasteiger partial charge in [0.2, 0.25) is 0 Å². The monoisotopic (exact) mass is 347 g/mol. The quantitative estimate of drug-likeness (QED) is 0.905. The molecule has 2 aromatic carbocycles. The van der Waals surface area contributed by atoms with Crippen molar-refractivity contribution in [3.8, 4) is 0 Å². The van der Waals surface area contributed by atoms with Crippen molar-refractivity contribution >= 4 is 29.3 Å². The average Bonchev–Trinajstić information content (AvgIpc) is 2.57. The lowest BCUT2D eigenvalue weighted by molar-refractivity contribution is 0.258. The van der Waals surface area contributed by atoms with Gasteiger partial charge in [-0.05, 0) is 18.1 Å². The molecular formula is C18H22ClN3S. The number of amidine groups is 1. The number of nitrogens with zero attached hydrogens (tertiary/aromatic N) is 2. The minimum absolute atomic E-state index is 0. The Labute approximate surface area is 148 Å². The van der Waals surface area contributed by atoms with Crippen molar-refractivity contribution in [2.75, 3.05) is 13.3 Å². The zero-order valence-corrected chi connectivity index (χ0v) is 14.9. The van der Waals surface area contributed by atoms with Crippen LogP contribution in [0.1, 0.15) is 16.7 Å². The Bertz CT molecular complexity index is 628. The third kappa shape index (κ3) is 5.57. The van der Waals surface area contributed by atoms with Crippen LogP contribution in [-0.4, -0.2) is 23.4 Å². The molecule has 0 aliphatic carbocycles. The maximum absolute atomic E-state index is 4.63. The summed E-state index contributed by atoms with van der Waals surface area (Å²) in [5.74, 6) is 0.963. The van der Waals surface area contributed by atoms with Crippen LogP contribution in [0.15, 0.2) is 59.6 Å². The van der Waals surface area contributed by atoms with Gasteiger partial charge in [-0.1, -0.05) is 71.9 Å². The van der Waals surface area contributed by atoms with E-state index >= 15 is 0 Å². The Hall–Kier alpha value is -1.49. The predicted molar refractivity (Wildman–Crippen MR) is 102 cm³/mol. The fourth-order valence-corrected chi connectivity index (χ4v) is 3.14. The lowest BCUT2D eigenvalue weighted by Gasteiger charge is -2.26. The molecule has 23 heavy (non-hydrogen) atoms. The standard InChI is InChI=1S/C18H21N3S.ClH/c1-15-7-9-17(10-8-15)12-22-18-19-13-21(14-20-18)11-16-5-3-2-4-6-16;/h2-10H,11-14H2,1H3,(H,19,20);1H. The molecule has 0 saturated carbocycles. The van der Waals surface area contributed by atoms with Crippen LogP contribution in [0, 0.1) is 6.92 Å². The summed E-state index contributed by atoms with van der Waals surface area (Å²) in [5.41, 5.74) is 3.97. The van der Waals surface area contributed by atoms with Gasteiger partial charge >= 0.3 is 0 Å². The molecule has 0 atom stereocenters. The van der Waals surface area contributed by atoms with E-state index < -0.39 is 0 Å². The highest BCUT2D eigenvalue weighted by atomic mass is 35.5. The smallest absolute Gasteiger partial charge is 0.159 e. The molecule has 0 unspecified atom stereocenters. The van der Waals surface area contributed by atoms with Gasteiger partial charge in [-0.25, -0.2) is 4.99 Å². The molecule has 0 saturated heterocycles. The summed E-state index contributed by atoms with van der Waals surface area (Å²) in [6.45, 7) is 4.67. The molecule has 1 aliphatic rings. The fraction of sp³-hybridized carbons (Fsp3) is 0.278. The highest BCUT2D eigenvalue weighted by molar-refractivity contribution is 8.13. The van der Waals surface area contributed by atoms with Gasteiger partial charge < -0.3 is 5.32 Å². The number of aryl methyl sites for hydroxylation is 1. The molecule has 0 aromatic heterocycles. The van der Waals surface area contributed by atoms with Crippen LogP contribution in [0.3, 0.4) is 0 Å². The number of hydrogen-bond donors (Lipinski definition) is 1. The minimum atomic E-state index is 0. The van der Waals surface area contributed by atoms with Crippen molar-refractivity contribution in [2.24, 2.45) is 4.99 Å². The molecular weight excluding hydrogens is 326 g/mol. The first-order chi connectivity index (χ1) is 10.8. The van der Waals surface area contributed by atoms with E-state index in [1.54, 1.807) is 11.8 Å². The zero-order valence-electron chi connectivity index (χ0n) is 13.2. The number of hydrogen-bond acceptors (Lipinski definition) is 4. The van der Waals surface area contributed by atoms with Gasteiger partial charge in [-0.3, -0.25) is 4.90 Å². The average molecular weight is 348 g/mol. The minimum Gasteiger partial charge on any atom is -0.352 e. The summed E-state index contributed by atoms with van der Waals surface area (Å²) in [4.78, 5) is 6.93. The van der Waals surface area contributed by atoms with E-state index in [0.29, 0.717) is 0 Å². The Morgan fingerprint density at radius 2 is 1.78 bits per heavy atom. The second-order valence-corrected chi connectivity index (χ2v) is 6.49. The normalized spacial score (nSPS) is 14.6. The van der Waals surface area contributed by atoms with Gasteiger partial charge in [-0.15, -0.1) is 12.4 Å². The molecule has 0 amide bonds. The van der Waals surface area contributed by atoms with Gasteiger partial charge in [0.05, 0.1) is 13.3 Å². The first kappa shape index (κ1) is 17.9. The van der Waals surface area contributed by atoms with E-state index in [2.05, 4.69) is 76.7 Å². The number of thioether (sulfide) groups is 1. The first-order valence-corrected chi connectivity index (χ1v) is 8.51. The molecule has 3 nitrogen and oxygen atoms in total. The maximum Gasteiger partial charge on any atom is 0.159 e. The Morgan fingerprint density at radius 1 is 1.04 bits per heavy atom. The van der Waals surface area contributed by atoms with Gasteiger partial charge in [0.15, 0.2) is 5.17 Å². The van der Waals surface area contributed by atoms with Crippen molar-refractivity contribution in [2.45, 2.75) is 19.2 Å². The topological polar surface area (TPSA) is 27.6 Å². The van der Waals surface area contributed by atoms with E-state index in [1.165, 1.54) is 16.7 Å². The molecule has 3 rings (SSSR count). The molecule has 1 aliphatic heterocycles. The maximum atomic E-state index is 4.63. The predicted octanol–water partition coefficient (Wildman–Crippen LogP) is 4.03. The third-order valence-electron chi connectivity index (χ3n) is 3.61. The molecule has 0 fully saturated rings. The van der Waals surface area contributed by atoms with Crippen LogP contribution in [-0.2, 0) is 12.3 Å². The second-order valence-electron chi connectivity index (χ2n) is 5.53. The Kier molecular flexibility index (Phi) is 6.96. The second kappa shape index (κ2) is 8.96. The zero-order chi connectivity index (χ0) is 15.2. The van der Waals surface area contributed by atoms with E-state index in [9.17, 15) is 0 Å². The fourth-order valence-electron chi connectivity index (χ4n) is 2.33. The van der Waals surface area contributed by atoms with E-state index in [0.717, 1.165) is 30.8 Å². The summed E-state index contributed by atoms with van der Waals surface area (Å²) in [6.07, 6.45) is 0. The van der Waals surface area contributed by atoms with Gasteiger partial charge in [0, 0.05) is 12.3 Å². The van der Waals surface area contributed by atoms with Crippen molar-refractivity contribution in [1.82, 2.24) is 10.2 Å². The summed E-state index contributed by atoms with van der Waals surface area (Å²) < 4.78 is 0. The number of halogens is 1. The summed E-state index contributed by atoms with van der Waals surface area (Å²) >= 11 is 1.78. The molecule has 1 N–H and O–H groups in total. The Balaban J connectivity index is 0.00000192. The van der Waals surface area contributed by atoms with Gasteiger partial charge in [-0.2, -0.15) is 0 Å². The molecule has 2 aromatic rings. The molecule has 0 radical (unpaired) electrons. The van der Waals surface area contributed by atoms with E-state index in [1.807, 2.05) is 0 Å². The van der Waals surface area contributed by atoms with Crippen LogP contribution < -0.4 is 5.32 Å². The molecule has 5 heteroatoms. The first-order valence-electron chi connectivity index (χ1n) is 7.52. The van der Waals surface area contributed by atoms with Crippen molar-refractivity contribution < 1.29 is 0 Å². The van der Waals surface area contributed by atoms with Crippen LogP contribution in [0.4, 0.5) is 0 Å². The number of nitrogens with one attached hydrogen (secondary N) is 1. The van der Waals surface area contributed by atoms with Crippen LogP contribution >= 0.6 is 24.2 Å². The molecule has 1 heterocycles. The van der Waals surface area contributed by atoms with Crippen LogP contribution in [0.2, 0.25) is 0 Å². The van der Waals surface area contributed by atoms with Crippen LogP contribution in [0.5, 0.6) is 0 Å². The Morgan fingerprint density at radius 3 is 2.43 bits per heavy atom. The molecule has 122 valence electrons. The summed E-state index contributed by atoms with van der Waals surface area (Å²) in [7, 11) is 0. The highest BCUT2D eigenvalue weighted by Crippen LogP contribution is 2.16. The summed E-state index contributed by atoms with van der Waals surface area (Å²) in [5, 5.41) is 4.46. The molecule has 0 spiro atoms. The number of benzene rings is 2. The van der Waals surface area contributed by atoms with Crippen molar-refractivity contribution in [3.63, 3.8) is 0 Å². The van der Waals surface area contributed by atoms with E-state index in [4.69, 9.17) is 0 Å². The van der Waals surface area contributed by atoms with Gasteiger partial charge in [0.25, 0.3) is 0 Å². The van der Waals surface area contributed by atoms with Crippen molar-refractivity contribution in [1.29, 1.82) is 0 Å². The molecule has 0 bridgehead atoms. The lowest BCUT2D eigenvalue weighted by Crippen LogP contribution is -2.41. The van der Waals surface area contributed by atoms with Gasteiger partial charge in [0.1, 0.15) is 0 Å². The van der Waals surface area contributed by atoms with Crippen LogP contribution in [0.25, 0.3) is 0 Å². The number of aliphatic imine (C=N–C) groups is 1. The highest BCUT2D eigenvalue weighted by Gasteiger charge is 2.12. The lowest BCUT2D eigenvalue weighted by atomic mass is 10.2. The van der Waals surface area contributed by atoms with E-state index in [-0.39, 0.29) is 12.4 Å². The third-order valence-corrected chi connectivity index (χ3v) is 4.64. The SMILES string of the molecule is Cc1ccc(CSC2=NCN(Cc3ccccc3)CN2)cc1.Cl. The van der Waals surface area contributed by atoms with Crippen molar-refractivity contribution in [3.05, 3.63) is 71.3 Å². The largest absolute Gasteiger partial charge is 0.352 e. The number of rotatable bonds is 4.